The van der Waals surface area contributed by atoms with Gasteiger partial charge in [0.25, 0.3) is 0 Å². The van der Waals surface area contributed by atoms with Crippen LogP contribution in [0.1, 0.15) is 74.7 Å². The Morgan fingerprint density at radius 1 is 0.622 bits per heavy atom. The standard InChI is InChI=1S/C25H50N6O4S2/c1-9-26-20(36)28-14-11-16-30(22(32)34-24(3,4)5)18-13-19-31(23(33)35-25(6,7)8)17-12-15-29-21(37)27-10-2/h9-19H2,1-8H3,(H2,26,28,36)(H2,27,29,37). The number of rotatable bonds is 14. The van der Waals surface area contributed by atoms with E-state index in [9.17, 15) is 9.59 Å². The number of thiocarbonyl (C=S) groups is 2. The fourth-order valence-electron chi connectivity index (χ4n) is 3.08. The van der Waals surface area contributed by atoms with Gasteiger partial charge in [-0.1, -0.05) is 0 Å². The topological polar surface area (TPSA) is 107 Å². The van der Waals surface area contributed by atoms with Crippen molar-refractivity contribution < 1.29 is 19.1 Å². The molecule has 0 fully saturated rings. The van der Waals surface area contributed by atoms with Crippen LogP contribution in [0.5, 0.6) is 0 Å². The summed E-state index contributed by atoms with van der Waals surface area (Å²) < 4.78 is 11.2. The van der Waals surface area contributed by atoms with E-state index in [-0.39, 0.29) is 12.2 Å². The van der Waals surface area contributed by atoms with E-state index in [4.69, 9.17) is 33.9 Å². The predicted molar refractivity (Wildman–Crippen MR) is 158 cm³/mol. The van der Waals surface area contributed by atoms with E-state index in [0.717, 1.165) is 13.1 Å². The minimum absolute atomic E-state index is 0.369. The van der Waals surface area contributed by atoms with Crippen molar-refractivity contribution in [1.29, 1.82) is 0 Å². The number of nitrogens with zero attached hydrogens (tertiary/aromatic N) is 2. The summed E-state index contributed by atoms with van der Waals surface area (Å²) in [6, 6.07) is 0. The van der Waals surface area contributed by atoms with Crippen molar-refractivity contribution >= 4 is 46.8 Å². The lowest BCUT2D eigenvalue weighted by Gasteiger charge is -2.30. The number of amides is 2. The number of carbonyl (C=O) groups is 2. The van der Waals surface area contributed by atoms with Gasteiger partial charge in [0.05, 0.1) is 0 Å². The summed E-state index contributed by atoms with van der Waals surface area (Å²) in [4.78, 5) is 29.0. The van der Waals surface area contributed by atoms with Crippen LogP contribution >= 0.6 is 24.4 Å². The SMILES string of the molecule is CCNC(=S)NCCCN(CCCN(CCCNC(=S)NCC)C(=O)OC(C)(C)C)C(=O)OC(C)(C)C. The molecule has 0 saturated carbocycles. The van der Waals surface area contributed by atoms with Crippen LogP contribution in [0.15, 0.2) is 0 Å². The maximum absolute atomic E-state index is 12.8. The molecule has 2 amide bonds. The first kappa shape index (κ1) is 34.9. The predicted octanol–water partition coefficient (Wildman–Crippen LogP) is 3.60. The molecular formula is C25H50N6O4S2. The molecule has 216 valence electrons. The molecule has 0 aliphatic carbocycles. The molecule has 0 bridgehead atoms. The summed E-state index contributed by atoms with van der Waals surface area (Å²) in [5.74, 6) is 0. The number of carbonyl (C=O) groups excluding carboxylic acids is 2. The molecule has 0 unspecified atom stereocenters. The number of hydrogen-bond donors (Lipinski definition) is 4. The first-order valence-corrected chi connectivity index (χ1v) is 14.0. The number of nitrogens with one attached hydrogen (secondary N) is 4. The third-order valence-electron chi connectivity index (χ3n) is 4.61. The van der Waals surface area contributed by atoms with Crippen LogP contribution in [-0.4, -0.2) is 95.8 Å². The Labute approximate surface area is 234 Å². The summed E-state index contributed by atoms with van der Waals surface area (Å²) in [6.45, 7) is 19.7. The molecular weight excluding hydrogens is 512 g/mol. The lowest BCUT2D eigenvalue weighted by Crippen LogP contribution is -2.43. The van der Waals surface area contributed by atoms with Gasteiger partial charge in [-0.2, -0.15) is 0 Å². The van der Waals surface area contributed by atoms with E-state index in [1.807, 2.05) is 55.4 Å². The zero-order valence-corrected chi connectivity index (χ0v) is 25.8. The van der Waals surface area contributed by atoms with Gasteiger partial charge in [-0.3, -0.25) is 0 Å². The number of ether oxygens (including phenoxy) is 2. The third kappa shape index (κ3) is 19.7. The summed E-state index contributed by atoms with van der Waals surface area (Å²) >= 11 is 10.4. The van der Waals surface area contributed by atoms with Crippen molar-refractivity contribution in [3.63, 3.8) is 0 Å². The molecule has 0 radical (unpaired) electrons. The minimum Gasteiger partial charge on any atom is -0.444 e. The maximum Gasteiger partial charge on any atom is 0.410 e. The van der Waals surface area contributed by atoms with Crippen LogP contribution in [0, 0.1) is 0 Å². The lowest BCUT2D eigenvalue weighted by atomic mass is 10.2. The second-order valence-electron chi connectivity index (χ2n) is 10.6. The van der Waals surface area contributed by atoms with Gasteiger partial charge in [-0.15, -0.1) is 0 Å². The molecule has 0 heterocycles. The highest BCUT2D eigenvalue weighted by Gasteiger charge is 2.24. The van der Waals surface area contributed by atoms with Gasteiger partial charge in [-0.25, -0.2) is 9.59 Å². The van der Waals surface area contributed by atoms with Crippen LogP contribution in [-0.2, 0) is 9.47 Å². The van der Waals surface area contributed by atoms with Gasteiger partial charge < -0.3 is 40.5 Å². The van der Waals surface area contributed by atoms with Crippen molar-refractivity contribution in [2.45, 2.75) is 85.9 Å². The molecule has 0 aliphatic rings. The van der Waals surface area contributed by atoms with Gasteiger partial charge in [0.1, 0.15) is 11.2 Å². The average molecular weight is 563 g/mol. The second kappa shape index (κ2) is 18.2. The normalized spacial score (nSPS) is 11.2. The molecule has 0 aromatic heterocycles. The highest BCUT2D eigenvalue weighted by Crippen LogP contribution is 2.13. The Balaban J connectivity index is 5.03. The molecule has 0 saturated heterocycles. The highest BCUT2D eigenvalue weighted by atomic mass is 32.1. The summed E-state index contributed by atoms with van der Waals surface area (Å²) in [7, 11) is 0. The summed E-state index contributed by atoms with van der Waals surface area (Å²) in [5.41, 5.74) is -1.19. The van der Waals surface area contributed by atoms with Gasteiger partial charge >= 0.3 is 12.2 Å². The first-order chi connectivity index (χ1) is 17.2. The smallest absolute Gasteiger partial charge is 0.410 e. The second-order valence-corrected chi connectivity index (χ2v) is 11.4. The molecule has 0 aromatic carbocycles. The molecule has 10 nitrogen and oxygen atoms in total. The molecule has 0 aliphatic heterocycles. The Kier molecular flexibility index (Phi) is 17.2. The van der Waals surface area contributed by atoms with Crippen LogP contribution in [0.3, 0.4) is 0 Å². The van der Waals surface area contributed by atoms with Gasteiger partial charge in [-0.05, 0) is 99.1 Å². The zero-order chi connectivity index (χ0) is 28.5. The monoisotopic (exact) mass is 562 g/mol. The Morgan fingerprint density at radius 3 is 1.24 bits per heavy atom. The van der Waals surface area contributed by atoms with Crippen LogP contribution in [0.4, 0.5) is 9.59 Å². The summed E-state index contributed by atoms with van der Waals surface area (Å²) in [5, 5.41) is 13.6. The van der Waals surface area contributed by atoms with Crippen molar-refractivity contribution in [1.82, 2.24) is 31.1 Å². The molecule has 12 heteroatoms. The Morgan fingerprint density at radius 2 is 0.946 bits per heavy atom. The molecule has 4 N–H and O–H groups in total. The fourth-order valence-corrected chi connectivity index (χ4v) is 3.58. The largest absolute Gasteiger partial charge is 0.444 e. The fraction of sp³-hybridized carbons (Fsp3) is 0.840. The third-order valence-corrected chi connectivity index (χ3v) is 5.19. The summed E-state index contributed by atoms with van der Waals surface area (Å²) in [6.07, 6.45) is 1.26. The van der Waals surface area contributed by atoms with E-state index in [1.165, 1.54) is 0 Å². The van der Waals surface area contributed by atoms with E-state index in [2.05, 4.69) is 21.3 Å². The molecule has 0 rings (SSSR count). The molecule has 0 spiro atoms. The van der Waals surface area contributed by atoms with Crippen molar-refractivity contribution in [2.24, 2.45) is 0 Å². The van der Waals surface area contributed by atoms with E-state index in [0.29, 0.717) is 68.8 Å². The molecule has 0 aromatic rings. The minimum atomic E-state index is -0.594. The first-order valence-electron chi connectivity index (χ1n) is 13.2. The quantitative estimate of drug-likeness (QED) is 0.185. The van der Waals surface area contributed by atoms with Crippen LogP contribution in [0.2, 0.25) is 0 Å². The van der Waals surface area contributed by atoms with Gasteiger partial charge in [0.15, 0.2) is 10.2 Å². The van der Waals surface area contributed by atoms with Crippen molar-refractivity contribution in [2.75, 3.05) is 52.4 Å². The zero-order valence-electron chi connectivity index (χ0n) is 24.1. The van der Waals surface area contributed by atoms with Crippen molar-refractivity contribution in [3.05, 3.63) is 0 Å². The number of hydrogen-bond acceptors (Lipinski definition) is 6. The highest BCUT2D eigenvalue weighted by molar-refractivity contribution is 7.80. The van der Waals surface area contributed by atoms with Gasteiger partial charge in [0.2, 0.25) is 0 Å². The van der Waals surface area contributed by atoms with E-state index >= 15 is 0 Å². The average Bonchev–Trinajstić information content (AvgIpc) is 2.74. The molecule has 37 heavy (non-hydrogen) atoms. The van der Waals surface area contributed by atoms with E-state index in [1.54, 1.807) is 9.80 Å². The van der Waals surface area contributed by atoms with Crippen molar-refractivity contribution in [3.8, 4) is 0 Å². The Bertz CT molecular complexity index is 652. The maximum atomic E-state index is 12.8. The van der Waals surface area contributed by atoms with Crippen LogP contribution < -0.4 is 21.3 Å². The Hall–Kier alpha value is -2.08. The van der Waals surface area contributed by atoms with Gasteiger partial charge in [0, 0.05) is 52.4 Å². The van der Waals surface area contributed by atoms with E-state index < -0.39 is 11.2 Å². The molecule has 0 atom stereocenters. The lowest BCUT2D eigenvalue weighted by molar-refractivity contribution is 0.0203. The van der Waals surface area contributed by atoms with Crippen LogP contribution in [0.25, 0.3) is 0 Å².